The molecule has 0 aromatic heterocycles. The molecule has 15 heavy (non-hydrogen) atoms. The zero-order valence-electron chi connectivity index (χ0n) is 8.54. The number of fused-ring (bicyclic) bond motifs is 1. The van der Waals surface area contributed by atoms with Gasteiger partial charge < -0.3 is 0 Å². The fourth-order valence-electron chi connectivity index (χ4n) is 1.89. The lowest BCUT2D eigenvalue weighted by atomic mass is 10.0. The van der Waals surface area contributed by atoms with E-state index in [1.165, 1.54) is 21.5 Å². The van der Waals surface area contributed by atoms with E-state index < -0.39 is 8.83 Å². The minimum Gasteiger partial charge on any atom is -0.170 e. The van der Waals surface area contributed by atoms with Crippen molar-refractivity contribution in [3.05, 3.63) is 54.6 Å². The lowest BCUT2D eigenvalue weighted by Gasteiger charge is -2.08. The smallest absolute Gasteiger partial charge is 0.156 e. The molecule has 0 N–H and O–H groups in total. The number of halogens is 1. The molecule has 0 nitrogen and oxygen atoms in total. The van der Waals surface area contributed by atoms with E-state index in [0.29, 0.717) is 0 Å². The standard InChI is InChI=1S/C13H13ClSi/c1-2-5-11-9-8-10-6-3-4-7-12(10)13(11)15-14/h2-4,6-9H,1,5,15H2. The van der Waals surface area contributed by atoms with Crippen molar-refractivity contribution in [3.8, 4) is 0 Å². The highest BCUT2D eigenvalue weighted by Crippen LogP contribution is 2.14. The van der Waals surface area contributed by atoms with Crippen LogP contribution in [0.1, 0.15) is 5.56 Å². The van der Waals surface area contributed by atoms with Crippen LogP contribution in [-0.2, 0) is 6.42 Å². The van der Waals surface area contributed by atoms with E-state index in [4.69, 9.17) is 11.1 Å². The quantitative estimate of drug-likeness (QED) is 0.434. The minimum atomic E-state index is -0.655. The third kappa shape index (κ3) is 1.99. The first kappa shape index (κ1) is 10.5. The maximum atomic E-state index is 6.15. The van der Waals surface area contributed by atoms with Crippen LogP contribution in [0.5, 0.6) is 0 Å². The van der Waals surface area contributed by atoms with Gasteiger partial charge in [-0.3, -0.25) is 0 Å². The summed E-state index contributed by atoms with van der Waals surface area (Å²) in [6.07, 6.45) is 2.86. The second kappa shape index (κ2) is 4.64. The SMILES string of the molecule is C=CCc1ccc2ccccc2c1[SiH2]Cl. The zero-order chi connectivity index (χ0) is 10.7. The van der Waals surface area contributed by atoms with Gasteiger partial charge in [0.25, 0.3) is 0 Å². The molecule has 0 amide bonds. The van der Waals surface area contributed by atoms with E-state index in [-0.39, 0.29) is 0 Å². The Morgan fingerprint density at radius 1 is 1.20 bits per heavy atom. The van der Waals surface area contributed by atoms with E-state index in [2.05, 4.69) is 43.0 Å². The molecular formula is C13H13ClSi. The molecule has 0 atom stereocenters. The summed E-state index contributed by atoms with van der Waals surface area (Å²) < 4.78 is 0. The van der Waals surface area contributed by atoms with Crippen molar-refractivity contribution in [1.82, 2.24) is 0 Å². The van der Waals surface area contributed by atoms with Crippen molar-refractivity contribution in [1.29, 1.82) is 0 Å². The van der Waals surface area contributed by atoms with Gasteiger partial charge >= 0.3 is 0 Å². The molecule has 0 unspecified atom stereocenters. The lowest BCUT2D eigenvalue weighted by Crippen LogP contribution is -2.16. The molecule has 2 aromatic rings. The topological polar surface area (TPSA) is 0 Å². The van der Waals surface area contributed by atoms with E-state index >= 15 is 0 Å². The van der Waals surface area contributed by atoms with Gasteiger partial charge in [-0.15, -0.1) is 6.58 Å². The van der Waals surface area contributed by atoms with Crippen molar-refractivity contribution in [2.24, 2.45) is 0 Å². The van der Waals surface area contributed by atoms with E-state index in [1.807, 2.05) is 6.08 Å². The fourth-order valence-corrected chi connectivity index (χ4v) is 3.73. The summed E-state index contributed by atoms with van der Waals surface area (Å²) in [4.78, 5) is 0. The normalized spacial score (nSPS) is 11.3. The number of hydrogen-bond acceptors (Lipinski definition) is 0. The predicted molar refractivity (Wildman–Crippen MR) is 71.9 cm³/mol. The summed E-state index contributed by atoms with van der Waals surface area (Å²) >= 11 is 6.15. The second-order valence-electron chi connectivity index (χ2n) is 3.55. The van der Waals surface area contributed by atoms with Crippen molar-refractivity contribution < 1.29 is 0 Å². The van der Waals surface area contributed by atoms with Gasteiger partial charge in [0.05, 0.1) is 0 Å². The molecule has 0 heterocycles. The summed E-state index contributed by atoms with van der Waals surface area (Å²) in [5, 5.41) is 3.97. The molecule has 0 spiro atoms. The van der Waals surface area contributed by atoms with Crippen molar-refractivity contribution >= 4 is 35.9 Å². The summed E-state index contributed by atoms with van der Waals surface area (Å²) in [7, 11) is -0.655. The molecule has 0 aliphatic carbocycles. The third-order valence-corrected chi connectivity index (χ3v) is 4.54. The van der Waals surface area contributed by atoms with Crippen LogP contribution in [0.25, 0.3) is 10.8 Å². The number of allylic oxidation sites excluding steroid dienone is 1. The van der Waals surface area contributed by atoms with Gasteiger partial charge in [-0.25, -0.2) is 0 Å². The van der Waals surface area contributed by atoms with Gasteiger partial charge in [0.2, 0.25) is 0 Å². The first-order valence-electron chi connectivity index (χ1n) is 5.03. The van der Waals surface area contributed by atoms with Crippen molar-refractivity contribution in [2.75, 3.05) is 0 Å². The van der Waals surface area contributed by atoms with Crippen LogP contribution >= 0.6 is 11.1 Å². The molecule has 0 bridgehead atoms. The van der Waals surface area contributed by atoms with Gasteiger partial charge in [-0.05, 0) is 27.9 Å². The molecule has 0 aliphatic rings. The Kier molecular flexibility index (Phi) is 3.24. The second-order valence-corrected chi connectivity index (χ2v) is 5.33. The van der Waals surface area contributed by atoms with Crippen LogP contribution in [0.15, 0.2) is 49.1 Å². The van der Waals surface area contributed by atoms with Crippen LogP contribution in [0.4, 0.5) is 0 Å². The molecule has 0 fully saturated rings. The van der Waals surface area contributed by atoms with Crippen LogP contribution in [0, 0.1) is 0 Å². The van der Waals surface area contributed by atoms with Gasteiger partial charge in [-0.2, -0.15) is 11.1 Å². The maximum Gasteiger partial charge on any atom is 0.156 e. The predicted octanol–water partition coefficient (Wildman–Crippen LogP) is 2.52. The largest absolute Gasteiger partial charge is 0.170 e. The number of rotatable bonds is 3. The Morgan fingerprint density at radius 2 is 2.00 bits per heavy atom. The van der Waals surface area contributed by atoms with Gasteiger partial charge in [0, 0.05) is 0 Å². The van der Waals surface area contributed by atoms with Crippen LogP contribution in [-0.4, -0.2) is 8.83 Å². The van der Waals surface area contributed by atoms with Crippen LogP contribution in [0.3, 0.4) is 0 Å². The van der Waals surface area contributed by atoms with E-state index in [1.54, 1.807) is 0 Å². The average Bonchev–Trinajstić information content (AvgIpc) is 2.29. The summed E-state index contributed by atoms with van der Waals surface area (Å²) in [6, 6.07) is 12.8. The molecular weight excluding hydrogens is 220 g/mol. The number of benzene rings is 2. The Bertz CT molecular complexity index is 491. The molecule has 76 valence electrons. The molecule has 0 saturated heterocycles. The van der Waals surface area contributed by atoms with E-state index in [0.717, 1.165) is 6.42 Å². The Morgan fingerprint density at radius 3 is 2.73 bits per heavy atom. The van der Waals surface area contributed by atoms with Gasteiger partial charge in [-0.1, -0.05) is 42.5 Å². The monoisotopic (exact) mass is 232 g/mol. The first-order chi connectivity index (χ1) is 7.36. The molecule has 2 heteroatoms. The van der Waals surface area contributed by atoms with E-state index in [9.17, 15) is 0 Å². The molecule has 0 radical (unpaired) electrons. The third-order valence-electron chi connectivity index (χ3n) is 2.64. The molecule has 2 aromatic carbocycles. The summed E-state index contributed by atoms with van der Waals surface area (Å²) in [5.41, 5.74) is 1.34. The number of hydrogen-bond donors (Lipinski definition) is 0. The highest BCUT2D eigenvalue weighted by molar-refractivity contribution is 7.02. The lowest BCUT2D eigenvalue weighted by molar-refractivity contribution is 1.31. The van der Waals surface area contributed by atoms with Gasteiger partial charge in [0.15, 0.2) is 8.83 Å². The highest BCUT2D eigenvalue weighted by atomic mass is 35.6. The highest BCUT2D eigenvalue weighted by Gasteiger charge is 2.05. The fraction of sp³-hybridized carbons (Fsp3) is 0.0769. The summed E-state index contributed by atoms with van der Waals surface area (Å²) in [6.45, 7) is 3.78. The Hall–Kier alpha value is -1.05. The zero-order valence-corrected chi connectivity index (χ0v) is 10.7. The Balaban J connectivity index is 2.69. The van der Waals surface area contributed by atoms with Crippen molar-refractivity contribution in [2.45, 2.75) is 6.42 Å². The Labute approximate surface area is 97.1 Å². The summed E-state index contributed by atoms with van der Waals surface area (Å²) in [5.74, 6) is 0. The maximum absolute atomic E-state index is 6.15. The minimum absolute atomic E-state index is 0.655. The molecule has 0 aliphatic heterocycles. The molecule has 0 saturated carbocycles. The average molecular weight is 233 g/mol. The van der Waals surface area contributed by atoms with Crippen LogP contribution in [0.2, 0.25) is 0 Å². The van der Waals surface area contributed by atoms with Crippen molar-refractivity contribution in [3.63, 3.8) is 0 Å². The molecule has 2 rings (SSSR count). The first-order valence-corrected chi connectivity index (χ1v) is 7.87. The van der Waals surface area contributed by atoms with Gasteiger partial charge in [0.1, 0.15) is 0 Å². The van der Waals surface area contributed by atoms with Crippen LogP contribution < -0.4 is 5.19 Å².